The van der Waals surface area contributed by atoms with Crippen molar-refractivity contribution >= 4 is 32.6 Å². The Morgan fingerprint density at radius 2 is 1.95 bits per heavy atom. The Kier molecular flexibility index (Phi) is 3.88. The molecular weight excluding hydrogens is 330 g/mol. The average molecular weight is 346 g/mol. The average Bonchev–Trinajstić information content (AvgIpc) is 2.93. The van der Waals surface area contributed by atoms with E-state index in [0.29, 0.717) is 0 Å². The van der Waals surface area contributed by atoms with E-state index < -0.39 is 0 Å². The van der Waals surface area contributed by atoms with Crippen molar-refractivity contribution < 1.29 is 9.15 Å². The number of benzene rings is 2. The monoisotopic (exact) mass is 345 g/mol. The predicted molar refractivity (Wildman–Crippen MR) is 88.9 cm³/mol. The van der Waals surface area contributed by atoms with Gasteiger partial charge in [0.1, 0.15) is 5.76 Å². The van der Waals surface area contributed by atoms with Crippen LogP contribution in [0.1, 0.15) is 18.7 Å². The number of anilines is 1. The van der Waals surface area contributed by atoms with E-state index in [-0.39, 0.29) is 6.04 Å². The molecule has 0 saturated carbocycles. The lowest BCUT2D eigenvalue weighted by Gasteiger charge is -2.14. The van der Waals surface area contributed by atoms with Gasteiger partial charge in [-0.3, -0.25) is 0 Å². The summed E-state index contributed by atoms with van der Waals surface area (Å²) < 4.78 is 12.3. The number of rotatable bonds is 4. The zero-order valence-corrected chi connectivity index (χ0v) is 13.5. The second-order valence-corrected chi connectivity index (χ2v) is 5.73. The van der Waals surface area contributed by atoms with Crippen LogP contribution < -0.4 is 10.1 Å². The topological polar surface area (TPSA) is 34.4 Å². The minimum Gasteiger partial charge on any atom is -0.493 e. The number of hydrogen-bond acceptors (Lipinski definition) is 3. The summed E-state index contributed by atoms with van der Waals surface area (Å²) in [5.74, 6) is 1.64. The zero-order chi connectivity index (χ0) is 14.8. The first-order valence-electron chi connectivity index (χ1n) is 6.76. The number of ether oxygens (including phenoxy) is 1. The summed E-state index contributed by atoms with van der Waals surface area (Å²) in [6, 6.07) is 16.0. The lowest BCUT2D eigenvalue weighted by atomic mass is 10.2. The van der Waals surface area contributed by atoms with E-state index >= 15 is 0 Å². The molecule has 1 N–H and O–H groups in total. The van der Waals surface area contributed by atoms with Crippen molar-refractivity contribution in [1.82, 2.24) is 0 Å². The van der Waals surface area contributed by atoms with E-state index in [2.05, 4.69) is 28.2 Å². The van der Waals surface area contributed by atoms with Gasteiger partial charge < -0.3 is 14.5 Å². The van der Waals surface area contributed by atoms with E-state index in [4.69, 9.17) is 9.15 Å². The van der Waals surface area contributed by atoms with Gasteiger partial charge in [-0.2, -0.15) is 0 Å². The zero-order valence-electron chi connectivity index (χ0n) is 11.9. The molecule has 3 rings (SSSR count). The molecule has 1 heterocycles. The summed E-state index contributed by atoms with van der Waals surface area (Å²) in [4.78, 5) is 0. The highest BCUT2D eigenvalue weighted by atomic mass is 79.9. The maximum Gasteiger partial charge on any atom is 0.176 e. The summed E-state index contributed by atoms with van der Waals surface area (Å²) in [5, 5.41) is 4.49. The molecule has 0 saturated heterocycles. The second-order valence-electron chi connectivity index (χ2n) is 4.87. The van der Waals surface area contributed by atoms with Gasteiger partial charge in [0.15, 0.2) is 11.3 Å². The molecule has 0 aliphatic carbocycles. The number of halogens is 1. The van der Waals surface area contributed by atoms with Crippen LogP contribution in [0.15, 0.2) is 57.4 Å². The summed E-state index contributed by atoms with van der Waals surface area (Å²) in [6.07, 6.45) is 0. The van der Waals surface area contributed by atoms with Crippen LogP contribution in [-0.4, -0.2) is 7.11 Å². The molecule has 4 heteroatoms. The van der Waals surface area contributed by atoms with Crippen molar-refractivity contribution in [3.63, 3.8) is 0 Å². The SMILES string of the molecule is COc1cccc2cc(C(C)Nc3ccccc3Br)oc12. The molecule has 0 fully saturated rings. The molecule has 1 unspecified atom stereocenters. The maximum absolute atomic E-state index is 5.96. The lowest BCUT2D eigenvalue weighted by molar-refractivity contribution is 0.406. The molecule has 0 bridgehead atoms. The number of furan rings is 1. The first-order chi connectivity index (χ1) is 10.2. The molecule has 0 aliphatic heterocycles. The lowest BCUT2D eigenvalue weighted by Crippen LogP contribution is -2.05. The summed E-state index contributed by atoms with van der Waals surface area (Å²) in [7, 11) is 1.65. The van der Waals surface area contributed by atoms with E-state index in [9.17, 15) is 0 Å². The summed E-state index contributed by atoms with van der Waals surface area (Å²) >= 11 is 3.54. The molecule has 2 aromatic carbocycles. The fraction of sp³-hybridized carbons (Fsp3) is 0.176. The minimum atomic E-state index is 0.0563. The molecule has 0 spiro atoms. The van der Waals surface area contributed by atoms with Crippen molar-refractivity contribution in [3.05, 3.63) is 58.8 Å². The number of hydrogen-bond donors (Lipinski definition) is 1. The van der Waals surface area contributed by atoms with Gasteiger partial charge in [-0.1, -0.05) is 24.3 Å². The fourth-order valence-corrected chi connectivity index (χ4v) is 2.71. The third-order valence-corrected chi connectivity index (χ3v) is 4.11. The molecule has 0 radical (unpaired) electrons. The first-order valence-corrected chi connectivity index (χ1v) is 7.56. The Hall–Kier alpha value is -1.94. The smallest absolute Gasteiger partial charge is 0.176 e. The van der Waals surface area contributed by atoms with Crippen LogP contribution in [0.4, 0.5) is 5.69 Å². The number of nitrogens with one attached hydrogen (secondary N) is 1. The Balaban J connectivity index is 1.91. The van der Waals surface area contributed by atoms with E-state index in [1.807, 2.05) is 48.5 Å². The Bertz CT molecular complexity index is 766. The van der Waals surface area contributed by atoms with Gasteiger partial charge in [0.25, 0.3) is 0 Å². The van der Waals surface area contributed by atoms with Crippen LogP contribution in [0.5, 0.6) is 5.75 Å². The molecule has 3 nitrogen and oxygen atoms in total. The Morgan fingerprint density at radius 1 is 1.14 bits per heavy atom. The van der Waals surface area contributed by atoms with Gasteiger partial charge in [-0.15, -0.1) is 0 Å². The van der Waals surface area contributed by atoms with Crippen molar-refractivity contribution in [3.8, 4) is 5.75 Å². The van der Waals surface area contributed by atoms with Crippen LogP contribution in [0.25, 0.3) is 11.0 Å². The van der Waals surface area contributed by atoms with Gasteiger partial charge >= 0.3 is 0 Å². The molecular formula is C17H16BrNO2. The number of fused-ring (bicyclic) bond motifs is 1. The molecule has 108 valence electrons. The Morgan fingerprint density at radius 3 is 2.71 bits per heavy atom. The van der Waals surface area contributed by atoms with Crippen LogP contribution >= 0.6 is 15.9 Å². The number of para-hydroxylation sites is 2. The van der Waals surface area contributed by atoms with E-state index in [0.717, 1.165) is 32.6 Å². The van der Waals surface area contributed by atoms with Crippen molar-refractivity contribution in [2.45, 2.75) is 13.0 Å². The second kappa shape index (κ2) is 5.82. The molecule has 3 aromatic rings. The maximum atomic E-state index is 5.96. The molecule has 0 aliphatic rings. The van der Waals surface area contributed by atoms with Crippen LogP contribution in [-0.2, 0) is 0 Å². The predicted octanol–water partition coefficient (Wildman–Crippen LogP) is 5.38. The molecule has 1 aromatic heterocycles. The summed E-state index contributed by atoms with van der Waals surface area (Å²) in [6.45, 7) is 2.07. The van der Waals surface area contributed by atoms with Gasteiger partial charge in [0.2, 0.25) is 0 Å². The fourth-order valence-electron chi connectivity index (χ4n) is 2.31. The van der Waals surface area contributed by atoms with E-state index in [1.165, 1.54) is 0 Å². The van der Waals surface area contributed by atoms with E-state index in [1.54, 1.807) is 7.11 Å². The van der Waals surface area contributed by atoms with Crippen molar-refractivity contribution in [1.29, 1.82) is 0 Å². The summed E-state index contributed by atoms with van der Waals surface area (Å²) in [5.41, 5.74) is 1.83. The van der Waals surface area contributed by atoms with Crippen molar-refractivity contribution in [2.75, 3.05) is 12.4 Å². The van der Waals surface area contributed by atoms with Crippen LogP contribution in [0, 0.1) is 0 Å². The third-order valence-electron chi connectivity index (χ3n) is 3.42. The highest BCUT2D eigenvalue weighted by molar-refractivity contribution is 9.10. The van der Waals surface area contributed by atoms with Crippen LogP contribution in [0.3, 0.4) is 0 Å². The van der Waals surface area contributed by atoms with Crippen LogP contribution in [0.2, 0.25) is 0 Å². The molecule has 21 heavy (non-hydrogen) atoms. The molecule has 0 amide bonds. The van der Waals surface area contributed by atoms with Gasteiger partial charge in [0, 0.05) is 15.5 Å². The highest BCUT2D eigenvalue weighted by Gasteiger charge is 2.14. The third kappa shape index (κ3) is 2.76. The number of methoxy groups -OCH3 is 1. The van der Waals surface area contributed by atoms with Crippen molar-refractivity contribution in [2.24, 2.45) is 0 Å². The first kappa shape index (κ1) is 14.0. The highest BCUT2D eigenvalue weighted by Crippen LogP contribution is 2.33. The van der Waals surface area contributed by atoms with Gasteiger partial charge in [-0.05, 0) is 47.1 Å². The Labute approximate surface area is 132 Å². The van der Waals surface area contributed by atoms with Gasteiger partial charge in [-0.25, -0.2) is 0 Å². The largest absolute Gasteiger partial charge is 0.493 e. The quantitative estimate of drug-likeness (QED) is 0.689. The molecule has 1 atom stereocenters. The standard InChI is InChI=1S/C17H16BrNO2/c1-11(19-14-8-4-3-7-13(14)18)16-10-12-6-5-9-15(20-2)17(12)21-16/h3-11,19H,1-2H3. The normalized spacial score (nSPS) is 12.3. The minimum absolute atomic E-state index is 0.0563. The van der Waals surface area contributed by atoms with Gasteiger partial charge in [0.05, 0.1) is 13.2 Å².